The van der Waals surface area contributed by atoms with Crippen molar-refractivity contribution >= 4 is 34.0 Å². The van der Waals surface area contributed by atoms with E-state index in [-0.39, 0.29) is 18.2 Å². The highest BCUT2D eigenvalue weighted by Gasteiger charge is 2.21. The lowest BCUT2D eigenvalue weighted by Crippen LogP contribution is -2.23. The normalized spacial score (nSPS) is 14.2. The number of aromatic nitrogens is 2. The number of anilines is 2. The molecular weight excluding hydrogens is 324 g/mol. The molecule has 1 N–H and O–H groups in total. The Labute approximate surface area is 144 Å². The third-order valence-corrected chi connectivity index (χ3v) is 4.76. The van der Waals surface area contributed by atoms with Crippen LogP contribution < -0.4 is 10.2 Å². The molecule has 1 aromatic heterocycles. The minimum Gasteiger partial charge on any atom is -0.312 e. The van der Waals surface area contributed by atoms with Gasteiger partial charge in [-0.15, -0.1) is 10.2 Å². The number of nitrogens with zero attached hydrogens (tertiary/aromatic N) is 3. The Bertz CT molecular complexity index is 726. The van der Waals surface area contributed by atoms with Crippen molar-refractivity contribution < 1.29 is 9.59 Å². The minimum atomic E-state index is -0.112. The van der Waals surface area contributed by atoms with Crippen LogP contribution >= 0.6 is 11.3 Å². The fourth-order valence-electron chi connectivity index (χ4n) is 2.68. The third kappa shape index (κ3) is 3.97. The van der Waals surface area contributed by atoms with Gasteiger partial charge in [-0.25, -0.2) is 0 Å². The maximum Gasteiger partial charge on any atom is 0.230 e. The van der Waals surface area contributed by atoms with Crippen LogP contribution in [0.4, 0.5) is 10.8 Å². The summed E-state index contributed by atoms with van der Waals surface area (Å²) in [7, 11) is 0. The average molecular weight is 344 g/mol. The number of carbonyl (C=O) groups is 2. The third-order valence-electron chi connectivity index (χ3n) is 3.86. The second kappa shape index (κ2) is 7.53. The molecule has 1 aliphatic rings. The van der Waals surface area contributed by atoms with Gasteiger partial charge < -0.3 is 10.2 Å². The molecule has 1 aromatic carbocycles. The van der Waals surface area contributed by atoms with Crippen LogP contribution in [0.3, 0.4) is 0 Å². The van der Waals surface area contributed by atoms with Crippen molar-refractivity contribution in [3.63, 3.8) is 0 Å². The van der Waals surface area contributed by atoms with E-state index in [0.717, 1.165) is 42.1 Å². The van der Waals surface area contributed by atoms with Crippen LogP contribution in [0.2, 0.25) is 0 Å². The van der Waals surface area contributed by atoms with E-state index in [2.05, 4.69) is 22.4 Å². The molecule has 0 bridgehead atoms. The molecule has 1 aliphatic heterocycles. The maximum absolute atomic E-state index is 12.1. The molecular formula is C17H20N4O2S. The molecule has 0 aliphatic carbocycles. The van der Waals surface area contributed by atoms with Gasteiger partial charge in [-0.2, -0.15) is 0 Å². The van der Waals surface area contributed by atoms with Crippen LogP contribution in [-0.2, 0) is 22.4 Å². The van der Waals surface area contributed by atoms with Crippen LogP contribution in [0.15, 0.2) is 24.3 Å². The molecule has 2 amide bonds. The van der Waals surface area contributed by atoms with E-state index in [0.29, 0.717) is 11.6 Å². The first-order valence-electron chi connectivity index (χ1n) is 8.17. The summed E-state index contributed by atoms with van der Waals surface area (Å²) < 4.78 is 0. The zero-order valence-corrected chi connectivity index (χ0v) is 14.4. The number of nitrogens with one attached hydrogen (secondary N) is 1. The summed E-state index contributed by atoms with van der Waals surface area (Å²) in [6, 6.07) is 7.58. The molecule has 6 nitrogen and oxygen atoms in total. The van der Waals surface area contributed by atoms with Crippen molar-refractivity contribution in [1.82, 2.24) is 10.2 Å². The number of carbonyl (C=O) groups excluding carboxylic acids is 2. The number of amides is 2. The molecule has 2 heterocycles. The SMILES string of the molecule is CCCc1nnc(NC(=O)Cc2ccc(N3CCCC3=O)cc2)s1. The van der Waals surface area contributed by atoms with Gasteiger partial charge in [0.1, 0.15) is 5.01 Å². The Balaban J connectivity index is 1.56. The summed E-state index contributed by atoms with van der Waals surface area (Å²) in [6.45, 7) is 2.86. The fraction of sp³-hybridized carbons (Fsp3) is 0.412. The van der Waals surface area contributed by atoms with E-state index >= 15 is 0 Å². The quantitative estimate of drug-likeness (QED) is 0.874. The Morgan fingerprint density at radius 2 is 2.08 bits per heavy atom. The molecule has 1 fully saturated rings. The first-order chi connectivity index (χ1) is 11.7. The molecule has 126 valence electrons. The fourth-order valence-corrected chi connectivity index (χ4v) is 3.54. The van der Waals surface area contributed by atoms with E-state index in [4.69, 9.17) is 0 Å². The molecule has 0 saturated carbocycles. The summed E-state index contributed by atoms with van der Waals surface area (Å²) in [4.78, 5) is 25.6. The number of rotatable bonds is 6. The van der Waals surface area contributed by atoms with Crippen molar-refractivity contribution in [3.05, 3.63) is 34.8 Å². The zero-order chi connectivity index (χ0) is 16.9. The molecule has 0 unspecified atom stereocenters. The maximum atomic E-state index is 12.1. The second-order valence-electron chi connectivity index (χ2n) is 5.79. The van der Waals surface area contributed by atoms with Crippen LogP contribution in [0.1, 0.15) is 36.8 Å². The van der Waals surface area contributed by atoms with Gasteiger partial charge in [0.05, 0.1) is 6.42 Å². The molecule has 3 rings (SSSR count). The van der Waals surface area contributed by atoms with Gasteiger partial charge in [-0.1, -0.05) is 30.4 Å². The summed E-state index contributed by atoms with van der Waals surface area (Å²) in [5, 5.41) is 12.3. The van der Waals surface area contributed by atoms with Gasteiger partial charge >= 0.3 is 0 Å². The molecule has 24 heavy (non-hydrogen) atoms. The monoisotopic (exact) mass is 344 g/mol. The van der Waals surface area contributed by atoms with Gasteiger partial charge in [0.15, 0.2) is 0 Å². The lowest BCUT2D eigenvalue weighted by molar-refractivity contribution is -0.117. The van der Waals surface area contributed by atoms with E-state index < -0.39 is 0 Å². The molecule has 7 heteroatoms. The van der Waals surface area contributed by atoms with Crippen molar-refractivity contribution in [3.8, 4) is 0 Å². The Hall–Kier alpha value is -2.28. The largest absolute Gasteiger partial charge is 0.312 e. The smallest absolute Gasteiger partial charge is 0.230 e. The first kappa shape index (κ1) is 16.6. The van der Waals surface area contributed by atoms with E-state index in [9.17, 15) is 9.59 Å². The van der Waals surface area contributed by atoms with Crippen LogP contribution in [-0.4, -0.2) is 28.6 Å². The van der Waals surface area contributed by atoms with E-state index in [1.807, 2.05) is 24.3 Å². The summed E-state index contributed by atoms with van der Waals surface area (Å²) in [6.07, 6.45) is 3.69. The second-order valence-corrected chi connectivity index (χ2v) is 6.85. The predicted octanol–water partition coefficient (Wildman–Crippen LogP) is 2.80. The highest BCUT2D eigenvalue weighted by molar-refractivity contribution is 7.15. The zero-order valence-electron chi connectivity index (χ0n) is 13.6. The van der Waals surface area contributed by atoms with Gasteiger partial charge in [-0.05, 0) is 30.5 Å². The van der Waals surface area contributed by atoms with Crippen LogP contribution in [0.25, 0.3) is 0 Å². The van der Waals surface area contributed by atoms with Crippen molar-refractivity contribution in [2.24, 2.45) is 0 Å². The van der Waals surface area contributed by atoms with E-state index in [1.54, 1.807) is 4.90 Å². The molecule has 0 radical (unpaired) electrons. The van der Waals surface area contributed by atoms with Gasteiger partial charge in [0.2, 0.25) is 16.9 Å². The van der Waals surface area contributed by atoms with E-state index in [1.165, 1.54) is 11.3 Å². The topological polar surface area (TPSA) is 75.2 Å². The average Bonchev–Trinajstić information content (AvgIpc) is 3.18. The summed E-state index contributed by atoms with van der Waals surface area (Å²) >= 11 is 1.42. The molecule has 1 saturated heterocycles. The molecule has 0 atom stereocenters. The number of hydrogen-bond acceptors (Lipinski definition) is 5. The minimum absolute atomic E-state index is 0.112. The van der Waals surface area contributed by atoms with Gasteiger partial charge in [-0.3, -0.25) is 9.59 Å². The lowest BCUT2D eigenvalue weighted by Gasteiger charge is -2.15. The van der Waals surface area contributed by atoms with Crippen LogP contribution in [0.5, 0.6) is 0 Å². The predicted molar refractivity (Wildman–Crippen MR) is 94.3 cm³/mol. The number of hydrogen-bond donors (Lipinski definition) is 1. The van der Waals surface area contributed by atoms with Crippen LogP contribution in [0, 0.1) is 0 Å². The first-order valence-corrected chi connectivity index (χ1v) is 8.99. The number of benzene rings is 1. The van der Waals surface area contributed by atoms with Crippen molar-refractivity contribution in [2.45, 2.75) is 39.0 Å². The van der Waals surface area contributed by atoms with Gasteiger partial charge in [0.25, 0.3) is 0 Å². The Morgan fingerprint density at radius 1 is 1.29 bits per heavy atom. The van der Waals surface area contributed by atoms with Crippen molar-refractivity contribution in [2.75, 3.05) is 16.8 Å². The standard InChI is InChI=1S/C17H20N4O2S/c1-2-4-15-19-20-17(24-15)18-14(22)11-12-6-8-13(9-7-12)21-10-3-5-16(21)23/h6-9H,2-5,10-11H2,1H3,(H,18,20,22). The molecule has 0 spiro atoms. The summed E-state index contributed by atoms with van der Waals surface area (Å²) in [5.74, 6) is 0.0545. The summed E-state index contributed by atoms with van der Waals surface area (Å²) in [5.41, 5.74) is 1.80. The van der Waals surface area contributed by atoms with Crippen molar-refractivity contribution in [1.29, 1.82) is 0 Å². The number of aryl methyl sites for hydroxylation is 1. The Kier molecular flexibility index (Phi) is 5.20. The highest BCUT2D eigenvalue weighted by Crippen LogP contribution is 2.22. The highest BCUT2D eigenvalue weighted by atomic mass is 32.1. The Morgan fingerprint density at radius 3 is 2.75 bits per heavy atom. The van der Waals surface area contributed by atoms with Gasteiger partial charge in [0, 0.05) is 25.1 Å². The lowest BCUT2D eigenvalue weighted by atomic mass is 10.1. The molecule has 2 aromatic rings.